The number of carbonyl (C=O) groups is 1. The van der Waals surface area contributed by atoms with Gasteiger partial charge in [0.25, 0.3) is 0 Å². The Bertz CT molecular complexity index is 1030. The number of carbonyl (C=O) groups excluding carboxylic acids is 1. The molecule has 0 atom stereocenters. The second-order valence-electron chi connectivity index (χ2n) is 7.95. The number of fused-ring (bicyclic) bond motifs is 1. The van der Waals surface area contributed by atoms with Gasteiger partial charge in [-0.1, -0.05) is 12.5 Å². The summed E-state index contributed by atoms with van der Waals surface area (Å²) in [5, 5.41) is 20.5. The number of pyridine rings is 1. The van der Waals surface area contributed by atoms with Crippen LogP contribution in [0.3, 0.4) is 0 Å². The van der Waals surface area contributed by atoms with Crippen LogP contribution in [0.25, 0.3) is 5.52 Å². The SMILES string of the molecule is CC1=CC(=Nc2c(NCCN3CCCCC3)nn3ccccc23)C(NCCO)=CC1=O. The molecule has 3 heterocycles. The van der Waals surface area contributed by atoms with Gasteiger partial charge in [-0.05, 0) is 56.6 Å². The molecule has 8 nitrogen and oxygen atoms in total. The van der Waals surface area contributed by atoms with E-state index in [0.29, 0.717) is 23.5 Å². The van der Waals surface area contributed by atoms with Crippen molar-refractivity contribution in [1.29, 1.82) is 0 Å². The van der Waals surface area contributed by atoms with Crippen molar-refractivity contribution in [2.75, 3.05) is 44.6 Å². The maximum atomic E-state index is 12.2. The van der Waals surface area contributed by atoms with Crippen LogP contribution in [0, 0.1) is 0 Å². The molecule has 164 valence electrons. The van der Waals surface area contributed by atoms with E-state index in [-0.39, 0.29) is 12.4 Å². The molecular weight excluding hydrogens is 392 g/mol. The van der Waals surface area contributed by atoms with E-state index in [9.17, 15) is 9.90 Å². The smallest absolute Gasteiger partial charge is 0.183 e. The predicted octanol–water partition coefficient (Wildman–Crippen LogP) is 2.30. The van der Waals surface area contributed by atoms with Crippen molar-refractivity contribution in [2.24, 2.45) is 4.99 Å². The summed E-state index contributed by atoms with van der Waals surface area (Å²) >= 11 is 0. The van der Waals surface area contributed by atoms with Crippen LogP contribution in [0.1, 0.15) is 26.2 Å². The van der Waals surface area contributed by atoms with E-state index in [2.05, 4.69) is 15.5 Å². The van der Waals surface area contributed by atoms with Gasteiger partial charge in [-0.15, -0.1) is 5.10 Å². The van der Waals surface area contributed by atoms with Crippen molar-refractivity contribution >= 4 is 28.5 Å². The number of piperidine rings is 1. The summed E-state index contributed by atoms with van der Waals surface area (Å²) in [7, 11) is 0. The first-order valence-corrected chi connectivity index (χ1v) is 11.0. The van der Waals surface area contributed by atoms with Crippen LogP contribution < -0.4 is 10.6 Å². The van der Waals surface area contributed by atoms with Crippen molar-refractivity contribution in [3.8, 4) is 0 Å². The molecule has 1 aliphatic heterocycles. The van der Waals surface area contributed by atoms with E-state index in [1.165, 1.54) is 19.3 Å². The number of nitrogens with one attached hydrogen (secondary N) is 2. The van der Waals surface area contributed by atoms with E-state index in [0.717, 1.165) is 43.2 Å². The van der Waals surface area contributed by atoms with Crippen LogP contribution >= 0.6 is 0 Å². The van der Waals surface area contributed by atoms with Crippen molar-refractivity contribution in [2.45, 2.75) is 26.2 Å². The maximum absolute atomic E-state index is 12.2. The molecular formula is C23H30N6O2. The lowest BCUT2D eigenvalue weighted by Gasteiger charge is -2.26. The van der Waals surface area contributed by atoms with Crippen LogP contribution in [-0.2, 0) is 4.79 Å². The molecule has 0 saturated carbocycles. The first kappa shape index (κ1) is 21.3. The summed E-state index contributed by atoms with van der Waals surface area (Å²) in [6.07, 6.45) is 9.10. The van der Waals surface area contributed by atoms with Crippen molar-refractivity contribution < 1.29 is 9.90 Å². The first-order valence-electron chi connectivity index (χ1n) is 11.0. The quantitative estimate of drug-likeness (QED) is 0.565. The molecule has 3 N–H and O–H groups in total. The number of aliphatic imine (C=N–C) groups is 1. The van der Waals surface area contributed by atoms with E-state index in [1.54, 1.807) is 19.1 Å². The van der Waals surface area contributed by atoms with Crippen LogP contribution in [0.15, 0.2) is 52.8 Å². The monoisotopic (exact) mass is 422 g/mol. The number of anilines is 1. The van der Waals surface area contributed by atoms with Gasteiger partial charge in [0.15, 0.2) is 11.6 Å². The Balaban J connectivity index is 1.62. The van der Waals surface area contributed by atoms with Gasteiger partial charge in [0.2, 0.25) is 0 Å². The molecule has 2 aromatic rings. The van der Waals surface area contributed by atoms with Gasteiger partial charge >= 0.3 is 0 Å². The minimum Gasteiger partial charge on any atom is -0.395 e. The highest BCUT2D eigenvalue weighted by molar-refractivity contribution is 6.22. The zero-order chi connectivity index (χ0) is 21.6. The van der Waals surface area contributed by atoms with Gasteiger partial charge in [-0.2, -0.15) is 0 Å². The fourth-order valence-corrected chi connectivity index (χ4v) is 3.95. The molecule has 0 radical (unpaired) electrons. The third-order valence-electron chi connectivity index (χ3n) is 5.64. The van der Waals surface area contributed by atoms with Gasteiger partial charge in [0, 0.05) is 31.9 Å². The van der Waals surface area contributed by atoms with Gasteiger partial charge in [0.1, 0.15) is 5.69 Å². The lowest BCUT2D eigenvalue weighted by Crippen LogP contribution is -2.33. The number of hydrogen-bond donors (Lipinski definition) is 3. The lowest BCUT2D eigenvalue weighted by molar-refractivity contribution is -0.111. The Morgan fingerprint density at radius 3 is 2.77 bits per heavy atom. The molecule has 0 bridgehead atoms. The molecule has 8 heteroatoms. The summed E-state index contributed by atoms with van der Waals surface area (Å²) in [5.74, 6) is 0.666. The average molecular weight is 423 g/mol. The lowest BCUT2D eigenvalue weighted by atomic mass is 10.0. The van der Waals surface area contributed by atoms with E-state index < -0.39 is 0 Å². The van der Waals surface area contributed by atoms with Crippen molar-refractivity contribution in [3.63, 3.8) is 0 Å². The number of nitrogens with zero attached hydrogens (tertiary/aromatic N) is 4. The van der Waals surface area contributed by atoms with Crippen LogP contribution in [0.2, 0.25) is 0 Å². The van der Waals surface area contributed by atoms with Crippen LogP contribution in [0.5, 0.6) is 0 Å². The van der Waals surface area contributed by atoms with Gasteiger partial charge < -0.3 is 20.6 Å². The molecule has 1 aliphatic carbocycles. The molecule has 0 spiro atoms. The summed E-state index contributed by atoms with van der Waals surface area (Å²) in [5.41, 5.74) is 3.52. The van der Waals surface area contributed by atoms with Crippen molar-refractivity contribution in [1.82, 2.24) is 19.8 Å². The third-order valence-corrected chi connectivity index (χ3v) is 5.64. The number of aliphatic hydroxyl groups excluding tert-OH is 1. The highest BCUT2D eigenvalue weighted by atomic mass is 16.3. The predicted molar refractivity (Wildman–Crippen MR) is 123 cm³/mol. The molecule has 0 aromatic carbocycles. The van der Waals surface area contributed by atoms with Gasteiger partial charge in [0.05, 0.1) is 23.5 Å². The Kier molecular flexibility index (Phi) is 6.79. The molecule has 4 rings (SSSR count). The summed E-state index contributed by atoms with van der Waals surface area (Å²) < 4.78 is 1.82. The topological polar surface area (TPSA) is 94.3 Å². The number of ketones is 1. The number of hydrogen-bond acceptors (Lipinski definition) is 7. The highest BCUT2D eigenvalue weighted by Crippen LogP contribution is 2.31. The molecule has 1 saturated heterocycles. The second kappa shape index (κ2) is 9.89. The molecule has 0 unspecified atom stereocenters. The summed E-state index contributed by atoms with van der Waals surface area (Å²) in [4.78, 5) is 19.5. The zero-order valence-electron chi connectivity index (χ0n) is 18.0. The van der Waals surface area contributed by atoms with Gasteiger partial charge in [-0.3, -0.25) is 4.79 Å². The molecule has 2 aliphatic rings. The van der Waals surface area contributed by atoms with Gasteiger partial charge in [-0.25, -0.2) is 9.51 Å². The third kappa shape index (κ3) is 5.03. The Labute approximate surface area is 182 Å². The molecule has 0 amide bonds. The van der Waals surface area contributed by atoms with Crippen molar-refractivity contribution in [3.05, 3.63) is 47.8 Å². The molecule has 2 aromatic heterocycles. The molecule has 31 heavy (non-hydrogen) atoms. The fraction of sp³-hybridized carbons (Fsp3) is 0.435. The minimum absolute atomic E-state index is 0.0263. The number of likely N-dealkylation sites (tertiary alicyclic amines) is 1. The highest BCUT2D eigenvalue weighted by Gasteiger charge is 2.19. The fourth-order valence-electron chi connectivity index (χ4n) is 3.95. The minimum atomic E-state index is -0.0564. The number of allylic oxidation sites excluding steroid dienone is 3. The Morgan fingerprint density at radius 1 is 1.13 bits per heavy atom. The Morgan fingerprint density at radius 2 is 1.97 bits per heavy atom. The van der Waals surface area contributed by atoms with Crippen LogP contribution in [0.4, 0.5) is 11.5 Å². The van der Waals surface area contributed by atoms with E-state index in [1.807, 2.05) is 28.9 Å². The largest absolute Gasteiger partial charge is 0.395 e. The maximum Gasteiger partial charge on any atom is 0.183 e. The number of aliphatic hydroxyl groups is 1. The Hall–Kier alpha value is -2.97. The summed E-state index contributed by atoms with van der Waals surface area (Å²) in [6.45, 7) is 6.18. The molecule has 1 fully saturated rings. The summed E-state index contributed by atoms with van der Waals surface area (Å²) in [6, 6.07) is 5.88. The first-order chi connectivity index (χ1) is 15.2. The zero-order valence-corrected chi connectivity index (χ0v) is 18.0. The standard InChI is InChI=1S/C23H30N6O2/c1-17-15-19(18(16-21(17)31)24-9-14-30)26-22-20-7-3-6-12-29(20)27-23(22)25-8-13-28-10-4-2-5-11-28/h3,6-7,12,15-16,24,30H,2,4-5,8-11,13-14H2,1H3,(H,25,27). The van der Waals surface area contributed by atoms with E-state index in [4.69, 9.17) is 10.1 Å². The van der Waals surface area contributed by atoms with Crippen LogP contribution in [-0.4, -0.2) is 70.4 Å². The number of aromatic nitrogens is 2. The second-order valence-corrected chi connectivity index (χ2v) is 7.95. The number of rotatable bonds is 8. The van der Waals surface area contributed by atoms with E-state index >= 15 is 0 Å². The normalized spacial score (nSPS) is 18.9. The average Bonchev–Trinajstić information content (AvgIpc) is 3.13.